The molecular formula is C17H18ClNO2. The molecule has 0 aromatic heterocycles. The number of benzene rings is 2. The summed E-state index contributed by atoms with van der Waals surface area (Å²) in [6.07, 6.45) is 0.281. The Morgan fingerprint density at radius 3 is 2.57 bits per heavy atom. The quantitative estimate of drug-likeness (QED) is 0.849. The topological polar surface area (TPSA) is 38.3 Å². The minimum atomic E-state index is -0.235. The van der Waals surface area contributed by atoms with Gasteiger partial charge in [0.1, 0.15) is 0 Å². The summed E-state index contributed by atoms with van der Waals surface area (Å²) in [7, 11) is 1.40. The van der Waals surface area contributed by atoms with Crippen LogP contribution in [0, 0.1) is 6.92 Å². The Kier molecular flexibility index (Phi) is 5.23. The Morgan fingerprint density at radius 1 is 1.19 bits per heavy atom. The molecule has 0 aliphatic carbocycles. The Hall–Kier alpha value is -2.00. The van der Waals surface area contributed by atoms with Gasteiger partial charge in [0.2, 0.25) is 0 Å². The van der Waals surface area contributed by atoms with E-state index in [9.17, 15) is 4.79 Å². The Morgan fingerprint density at radius 2 is 1.90 bits per heavy atom. The molecule has 0 radical (unpaired) electrons. The molecule has 2 aromatic carbocycles. The number of halogens is 1. The first-order valence-corrected chi connectivity index (χ1v) is 7.11. The Labute approximate surface area is 129 Å². The number of carbonyl (C=O) groups excluding carboxylic acids is 1. The molecule has 0 saturated carbocycles. The van der Waals surface area contributed by atoms with Crippen LogP contribution in [0.2, 0.25) is 5.02 Å². The molecule has 4 heteroatoms. The first-order valence-electron chi connectivity index (χ1n) is 6.74. The van der Waals surface area contributed by atoms with E-state index in [1.165, 1.54) is 7.11 Å². The van der Waals surface area contributed by atoms with Crippen molar-refractivity contribution in [3.63, 3.8) is 0 Å². The smallest absolute Gasteiger partial charge is 0.309 e. The number of aryl methyl sites for hydroxylation is 1. The van der Waals surface area contributed by atoms with Crippen molar-refractivity contribution in [1.82, 2.24) is 0 Å². The van der Waals surface area contributed by atoms with Crippen LogP contribution < -0.4 is 5.32 Å². The number of hydrogen-bond acceptors (Lipinski definition) is 3. The minimum absolute atomic E-state index is 0.235. The predicted molar refractivity (Wildman–Crippen MR) is 85.7 cm³/mol. The van der Waals surface area contributed by atoms with Gasteiger partial charge in [-0.3, -0.25) is 4.79 Å². The monoisotopic (exact) mass is 303 g/mol. The molecule has 0 aliphatic rings. The molecular weight excluding hydrogens is 286 g/mol. The van der Waals surface area contributed by atoms with Crippen LogP contribution in [0.25, 0.3) is 0 Å². The van der Waals surface area contributed by atoms with Crippen LogP contribution in [-0.4, -0.2) is 13.1 Å². The molecule has 0 bridgehead atoms. The zero-order valence-corrected chi connectivity index (χ0v) is 12.9. The van der Waals surface area contributed by atoms with Gasteiger partial charge in [-0.1, -0.05) is 41.9 Å². The van der Waals surface area contributed by atoms with Crippen LogP contribution >= 0.6 is 11.6 Å². The molecule has 110 valence electrons. The van der Waals surface area contributed by atoms with E-state index < -0.39 is 0 Å². The average molecular weight is 304 g/mol. The number of hydrogen-bond donors (Lipinski definition) is 1. The molecule has 2 rings (SSSR count). The SMILES string of the molecule is COC(=O)Cc1ccccc1CNc1ccc(C)c(Cl)c1. The standard InChI is InChI=1S/C17H18ClNO2/c1-12-7-8-15(10-16(12)18)19-11-14-6-4-3-5-13(14)9-17(20)21-2/h3-8,10,19H,9,11H2,1-2H3. The van der Waals surface area contributed by atoms with Crippen molar-refractivity contribution in [2.24, 2.45) is 0 Å². The second-order valence-corrected chi connectivity index (χ2v) is 5.25. The van der Waals surface area contributed by atoms with Crippen molar-refractivity contribution in [1.29, 1.82) is 0 Å². The van der Waals surface area contributed by atoms with E-state index in [0.717, 1.165) is 27.4 Å². The highest BCUT2D eigenvalue weighted by molar-refractivity contribution is 6.31. The number of methoxy groups -OCH3 is 1. The van der Waals surface area contributed by atoms with Gasteiger partial charge >= 0.3 is 5.97 Å². The van der Waals surface area contributed by atoms with E-state index >= 15 is 0 Å². The number of nitrogens with one attached hydrogen (secondary N) is 1. The maximum absolute atomic E-state index is 11.4. The fourth-order valence-corrected chi connectivity index (χ4v) is 2.21. The molecule has 0 spiro atoms. The third-order valence-corrected chi connectivity index (χ3v) is 3.74. The third kappa shape index (κ3) is 4.23. The molecule has 3 nitrogen and oxygen atoms in total. The fraction of sp³-hybridized carbons (Fsp3) is 0.235. The van der Waals surface area contributed by atoms with Crippen LogP contribution in [0.4, 0.5) is 5.69 Å². The predicted octanol–water partition coefficient (Wildman–Crippen LogP) is 3.98. The highest BCUT2D eigenvalue weighted by atomic mass is 35.5. The van der Waals surface area contributed by atoms with Crippen molar-refractivity contribution in [2.75, 3.05) is 12.4 Å². The van der Waals surface area contributed by atoms with E-state index in [1.54, 1.807) is 0 Å². The largest absolute Gasteiger partial charge is 0.469 e. The molecule has 2 aromatic rings. The van der Waals surface area contributed by atoms with Gasteiger partial charge in [-0.15, -0.1) is 0 Å². The first kappa shape index (κ1) is 15.4. The van der Waals surface area contributed by atoms with E-state index in [4.69, 9.17) is 16.3 Å². The number of esters is 1. The summed E-state index contributed by atoms with van der Waals surface area (Å²) in [5.74, 6) is -0.235. The lowest BCUT2D eigenvalue weighted by Crippen LogP contribution is -2.09. The number of carbonyl (C=O) groups is 1. The summed E-state index contributed by atoms with van der Waals surface area (Å²) < 4.78 is 4.72. The van der Waals surface area contributed by atoms with Gasteiger partial charge in [0.15, 0.2) is 0 Å². The molecule has 21 heavy (non-hydrogen) atoms. The fourth-order valence-electron chi connectivity index (χ4n) is 2.03. The van der Waals surface area contributed by atoms with Crippen molar-refractivity contribution in [3.8, 4) is 0 Å². The lowest BCUT2D eigenvalue weighted by Gasteiger charge is -2.11. The van der Waals surface area contributed by atoms with Crippen molar-refractivity contribution in [3.05, 3.63) is 64.2 Å². The molecule has 0 heterocycles. The van der Waals surface area contributed by atoms with Gasteiger partial charge in [0.05, 0.1) is 13.5 Å². The second kappa shape index (κ2) is 7.14. The minimum Gasteiger partial charge on any atom is -0.469 e. The normalized spacial score (nSPS) is 10.2. The molecule has 0 aliphatic heterocycles. The average Bonchev–Trinajstić information content (AvgIpc) is 2.49. The lowest BCUT2D eigenvalue weighted by atomic mass is 10.0. The number of rotatable bonds is 5. The van der Waals surface area contributed by atoms with Crippen LogP contribution in [0.1, 0.15) is 16.7 Å². The second-order valence-electron chi connectivity index (χ2n) is 4.84. The van der Waals surface area contributed by atoms with Crippen molar-refractivity contribution in [2.45, 2.75) is 19.9 Å². The zero-order valence-electron chi connectivity index (χ0n) is 12.2. The summed E-state index contributed by atoms with van der Waals surface area (Å²) in [6, 6.07) is 13.7. The maximum atomic E-state index is 11.4. The highest BCUT2D eigenvalue weighted by Gasteiger charge is 2.07. The van der Waals surface area contributed by atoms with E-state index in [0.29, 0.717) is 6.54 Å². The molecule has 0 saturated heterocycles. The molecule has 0 atom stereocenters. The maximum Gasteiger partial charge on any atom is 0.309 e. The molecule has 0 amide bonds. The Bertz CT molecular complexity index is 640. The summed E-state index contributed by atoms with van der Waals surface area (Å²) >= 11 is 6.11. The highest BCUT2D eigenvalue weighted by Crippen LogP contribution is 2.21. The van der Waals surface area contributed by atoms with Crippen LogP contribution in [0.15, 0.2) is 42.5 Å². The van der Waals surface area contributed by atoms with Gasteiger partial charge in [-0.25, -0.2) is 0 Å². The summed E-state index contributed by atoms with van der Waals surface area (Å²) in [5.41, 5.74) is 4.04. The van der Waals surface area contributed by atoms with Gasteiger partial charge in [-0.05, 0) is 35.7 Å². The van der Waals surface area contributed by atoms with Gasteiger partial charge in [0.25, 0.3) is 0 Å². The molecule has 0 unspecified atom stereocenters. The molecule has 0 fully saturated rings. The summed E-state index contributed by atoms with van der Waals surface area (Å²) in [6.45, 7) is 2.60. The van der Waals surface area contributed by atoms with Crippen LogP contribution in [0.3, 0.4) is 0 Å². The van der Waals surface area contributed by atoms with E-state index in [2.05, 4.69) is 5.32 Å². The third-order valence-electron chi connectivity index (χ3n) is 3.34. The summed E-state index contributed by atoms with van der Waals surface area (Å²) in [5, 5.41) is 4.06. The van der Waals surface area contributed by atoms with Gasteiger partial charge in [-0.2, -0.15) is 0 Å². The first-order chi connectivity index (χ1) is 10.1. The van der Waals surface area contributed by atoms with E-state index in [1.807, 2.05) is 49.4 Å². The van der Waals surface area contributed by atoms with E-state index in [-0.39, 0.29) is 12.4 Å². The zero-order chi connectivity index (χ0) is 15.2. The Balaban J connectivity index is 2.09. The van der Waals surface area contributed by atoms with Gasteiger partial charge in [0, 0.05) is 17.3 Å². The number of ether oxygens (including phenoxy) is 1. The molecule has 1 N–H and O–H groups in total. The lowest BCUT2D eigenvalue weighted by molar-refractivity contribution is -0.139. The summed E-state index contributed by atoms with van der Waals surface area (Å²) in [4.78, 5) is 11.4. The van der Waals surface area contributed by atoms with Crippen molar-refractivity contribution < 1.29 is 9.53 Å². The van der Waals surface area contributed by atoms with Gasteiger partial charge < -0.3 is 10.1 Å². The number of anilines is 1. The van der Waals surface area contributed by atoms with Crippen LogP contribution in [-0.2, 0) is 22.5 Å². The van der Waals surface area contributed by atoms with Crippen molar-refractivity contribution >= 4 is 23.3 Å². The van der Waals surface area contributed by atoms with Crippen LogP contribution in [0.5, 0.6) is 0 Å².